The third kappa shape index (κ3) is 8.23. The van der Waals surface area contributed by atoms with Crippen molar-refractivity contribution < 1.29 is 4.39 Å². The molecule has 0 atom stereocenters. The van der Waals surface area contributed by atoms with E-state index >= 15 is 0 Å². The molecule has 1 nitrogen and oxygen atoms in total. The van der Waals surface area contributed by atoms with Gasteiger partial charge in [-0.1, -0.05) is 34.6 Å². The van der Waals surface area contributed by atoms with Gasteiger partial charge in [-0.05, 0) is 12.3 Å². The highest BCUT2D eigenvalue weighted by Crippen LogP contribution is 2.13. The summed E-state index contributed by atoms with van der Waals surface area (Å²) in [5, 5.41) is 0. The zero-order valence-corrected chi connectivity index (χ0v) is 9.94. The Hall–Kier alpha value is -0.110. The van der Waals surface area contributed by atoms with E-state index in [2.05, 4.69) is 11.8 Å². The van der Waals surface area contributed by atoms with E-state index in [9.17, 15) is 4.39 Å². The van der Waals surface area contributed by atoms with Gasteiger partial charge >= 0.3 is 0 Å². The second kappa shape index (κ2) is 11.9. The second-order valence-corrected chi connectivity index (χ2v) is 2.91. The first-order valence-electron chi connectivity index (χ1n) is 5.61. The van der Waals surface area contributed by atoms with Crippen LogP contribution in [-0.4, -0.2) is 31.2 Å². The van der Waals surface area contributed by atoms with Crippen LogP contribution in [0.25, 0.3) is 0 Å². The molecule has 2 heteroatoms. The Morgan fingerprint density at radius 1 is 1.15 bits per heavy atom. The Balaban J connectivity index is 0. The lowest BCUT2D eigenvalue weighted by molar-refractivity contribution is 0.109. The zero-order chi connectivity index (χ0) is 10.7. The predicted octanol–water partition coefficient (Wildman–Crippen LogP) is 3.35. The van der Waals surface area contributed by atoms with Gasteiger partial charge in [0.25, 0.3) is 0 Å². The first-order valence-corrected chi connectivity index (χ1v) is 5.61. The van der Waals surface area contributed by atoms with E-state index in [1.165, 1.54) is 13.1 Å². The van der Waals surface area contributed by atoms with Crippen molar-refractivity contribution in [3.05, 3.63) is 0 Å². The highest BCUT2D eigenvalue weighted by atomic mass is 19.1. The van der Waals surface area contributed by atoms with Crippen LogP contribution in [0.3, 0.4) is 0 Å². The molecule has 0 aliphatic carbocycles. The fourth-order valence-electron chi connectivity index (χ4n) is 1.29. The van der Waals surface area contributed by atoms with Crippen LogP contribution in [0.15, 0.2) is 0 Å². The summed E-state index contributed by atoms with van der Waals surface area (Å²) in [5.41, 5.74) is 0. The number of hydrogen-bond acceptors (Lipinski definition) is 1. The molecular weight excluding hydrogens is 165 g/mol. The number of hydrogen-bond donors (Lipinski definition) is 0. The first-order chi connectivity index (χ1) is 6.33. The van der Waals surface area contributed by atoms with Crippen molar-refractivity contribution >= 4 is 0 Å². The van der Waals surface area contributed by atoms with Crippen LogP contribution >= 0.6 is 0 Å². The molecule has 0 spiro atoms. The minimum absolute atomic E-state index is 0.162. The molecule has 1 saturated heterocycles. The molecule has 0 unspecified atom stereocenters. The normalized spacial score (nSPS) is 16.2. The Morgan fingerprint density at radius 2 is 1.62 bits per heavy atom. The van der Waals surface area contributed by atoms with E-state index in [0.29, 0.717) is 6.42 Å². The Morgan fingerprint density at radius 3 is 1.92 bits per heavy atom. The lowest BCUT2D eigenvalue weighted by Crippen LogP contribution is -2.45. The minimum Gasteiger partial charge on any atom is -0.303 e. The van der Waals surface area contributed by atoms with Crippen molar-refractivity contribution in [3.63, 3.8) is 0 Å². The molecule has 1 aliphatic heterocycles. The number of rotatable bonds is 3. The molecule has 0 radical (unpaired) electrons. The van der Waals surface area contributed by atoms with Crippen LogP contribution in [0.4, 0.5) is 4.39 Å². The van der Waals surface area contributed by atoms with Crippen molar-refractivity contribution in [2.24, 2.45) is 5.92 Å². The topological polar surface area (TPSA) is 3.24 Å². The van der Waals surface area contributed by atoms with Crippen LogP contribution in [0, 0.1) is 5.92 Å². The van der Waals surface area contributed by atoms with Crippen LogP contribution in [0.2, 0.25) is 0 Å². The maximum absolute atomic E-state index is 11.6. The molecule has 1 rings (SSSR count). The number of alkyl halides is 1. The average Bonchev–Trinajstić information content (AvgIpc) is 2.17. The third-order valence-corrected chi connectivity index (χ3v) is 1.75. The van der Waals surface area contributed by atoms with Gasteiger partial charge in [-0.15, -0.1) is 0 Å². The number of likely N-dealkylation sites (tertiary alicyclic amines) is 1. The fourth-order valence-corrected chi connectivity index (χ4v) is 1.29. The van der Waals surface area contributed by atoms with Gasteiger partial charge < -0.3 is 4.90 Å². The van der Waals surface area contributed by atoms with Crippen molar-refractivity contribution in [2.75, 3.05) is 26.3 Å². The number of halogens is 1. The largest absolute Gasteiger partial charge is 0.303 e. The minimum atomic E-state index is -0.162. The van der Waals surface area contributed by atoms with E-state index in [1.54, 1.807) is 0 Å². The van der Waals surface area contributed by atoms with Gasteiger partial charge in [-0.2, -0.15) is 0 Å². The zero-order valence-electron chi connectivity index (χ0n) is 9.94. The van der Waals surface area contributed by atoms with Gasteiger partial charge in [0.2, 0.25) is 0 Å². The average molecular weight is 191 g/mol. The van der Waals surface area contributed by atoms with E-state index in [-0.39, 0.29) is 6.67 Å². The van der Waals surface area contributed by atoms with Gasteiger partial charge in [-0.25, -0.2) is 0 Å². The smallest absolute Gasteiger partial charge is 0.0906 e. The second-order valence-electron chi connectivity index (χ2n) is 2.91. The van der Waals surface area contributed by atoms with Crippen LogP contribution < -0.4 is 0 Å². The van der Waals surface area contributed by atoms with Gasteiger partial charge in [-0.3, -0.25) is 4.39 Å². The number of nitrogens with zero attached hydrogens (tertiary/aromatic N) is 1. The summed E-state index contributed by atoms with van der Waals surface area (Å²) < 4.78 is 11.6. The Bertz CT molecular complexity index is 80.2. The maximum atomic E-state index is 11.6. The summed E-state index contributed by atoms with van der Waals surface area (Å²) >= 11 is 0. The quantitative estimate of drug-likeness (QED) is 0.661. The van der Waals surface area contributed by atoms with Gasteiger partial charge in [0, 0.05) is 19.6 Å². The summed E-state index contributed by atoms with van der Waals surface area (Å²) in [6.07, 6.45) is 0.715. The van der Waals surface area contributed by atoms with Crippen LogP contribution in [0.1, 0.15) is 41.0 Å². The molecule has 13 heavy (non-hydrogen) atoms. The van der Waals surface area contributed by atoms with Crippen molar-refractivity contribution in [3.8, 4) is 0 Å². The Labute approximate surface area is 83.3 Å². The lowest BCUT2D eigenvalue weighted by atomic mass is 10.0. The van der Waals surface area contributed by atoms with E-state index in [4.69, 9.17) is 0 Å². The van der Waals surface area contributed by atoms with E-state index in [0.717, 1.165) is 12.5 Å². The van der Waals surface area contributed by atoms with E-state index < -0.39 is 0 Å². The van der Waals surface area contributed by atoms with Crippen LogP contribution in [0.5, 0.6) is 0 Å². The molecule has 0 aromatic carbocycles. The molecule has 0 amide bonds. The molecule has 0 aromatic heterocycles. The van der Waals surface area contributed by atoms with Crippen molar-refractivity contribution in [1.29, 1.82) is 0 Å². The lowest BCUT2D eigenvalue weighted by Gasteiger charge is -2.36. The predicted molar refractivity (Wildman–Crippen MR) is 58.9 cm³/mol. The van der Waals surface area contributed by atoms with E-state index in [1.807, 2.05) is 27.7 Å². The highest BCUT2D eigenvalue weighted by Gasteiger charge is 2.20. The molecule has 0 saturated carbocycles. The van der Waals surface area contributed by atoms with Gasteiger partial charge in [0.05, 0.1) is 6.67 Å². The summed E-state index contributed by atoms with van der Waals surface area (Å²) in [6, 6.07) is 0. The Kier molecular flexibility index (Phi) is 14.1. The molecule has 1 aliphatic rings. The van der Waals surface area contributed by atoms with Crippen molar-refractivity contribution in [2.45, 2.75) is 41.0 Å². The molecule has 1 fully saturated rings. The summed E-state index contributed by atoms with van der Waals surface area (Å²) in [4.78, 5) is 2.30. The SMILES string of the molecule is CC.CC.CC1CN(CCCF)C1. The standard InChI is InChI=1S/C7H14FN.2C2H6/c1-7-5-9(6-7)4-2-3-8;2*1-2/h7H,2-6H2,1H3;2*1-2H3. The molecule has 0 N–H and O–H groups in total. The summed E-state index contributed by atoms with van der Waals surface area (Å²) in [5.74, 6) is 0.851. The monoisotopic (exact) mass is 191 g/mol. The third-order valence-electron chi connectivity index (χ3n) is 1.75. The summed E-state index contributed by atoms with van der Waals surface area (Å²) in [6.45, 7) is 13.4. The molecule has 1 heterocycles. The maximum Gasteiger partial charge on any atom is 0.0906 e. The highest BCUT2D eigenvalue weighted by molar-refractivity contribution is 4.75. The molecular formula is C11H26FN. The molecule has 0 bridgehead atoms. The first kappa shape index (κ1) is 15.4. The van der Waals surface area contributed by atoms with Gasteiger partial charge in [0.1, 0.15) is 0 Å². The summed E-state index contributed by atoms with van der Waals surface area (Å²) in [7, 11) is 0. The van der Waals surface area contributed by atoms with Gasteiger partial charge in [0.15, 0.2) is 0 Å². The molecule has 0 aromatic rings. The van der Waals surface area contributed by atoms with Crippen molar-refractivity contribution in [1.82, 2.24) is 4.90 Å². The van der Waals surface area contributed by atoms with Crippen LogP contribution in [-0.2, 0) is 0 Å². The fraction of sp³-hybridized carbons (Fsp3) is 1.00. The molecule has 82 valence electrons.